The van der Waals surface area contributed by atoms with E-state index in [9.17, 15) is 0 Å². The van der Waals surface area contributed by atoms with Crippen LogP contribution in [0.2, 0.25) is 0 Å². The van der Waals surface area contributed by atoms with E-state index >= 15 is 0 Å². The standard InChI is InChI=1S/C40H25N3/c1-3-13-26(14-4-1)37-41-38(27-15-5-2-6-16-27)43-39(42-37)28-23-24-36-32(25-28)31-19-9-12-22-35(31)40(36)33-20-10-7-17-29(33)30-18-8-11-21-34(30)40/h1-25H/i1D,2D,3D,4D,5D,6D,13D,14D,15D,16D. The van der Waals surface area contributed by atoms with Gasteiger partial charge in [0.2, 0.25) is 0 Å². The summed E-state index contributed by atoms with van der Waals surface area (Å²) in [6.45, 7) is 0. The summed E-state index contributed by atoms with van der Waals surface area (Å²) in [5, 5.41) is 0. The minimum Gasteiger partial charge on any atom is -0.208 e. The molecule has 0 unspecified atom stereocenters. The number of nitrogens with zero attached hydrogens (tertiary/aromatic N) is 3. The first-order chi connectivity index (χ1) is 25.5. The van der Waals surface area contributed by atoms with Gasteiger partial charge in [-0.3, -0.25) is 0 Å². The van der Waals surface area contributed by atoms with Crippen molar-refractivity contribution in [3.05, 3.63) is 174 Å². The smallest absolute Gasteiger partial charge is 0.164 e. The average molecular weight is 558 g/mol. The van der Waals surface area contributed by atoms with Gasteiger partial charge in [-0.15, -0.1) is 0 Å². The van der Waals surface area contributed by atoms with Gasteiger partial charge in [0, 0.05) is 16.7 Å². The second kappa shape index (κ2) is 9.17. The molecule has 3 nitrogen and oxygen atoms in total. The maximum Gasteiger partial charge on any atom is 0.164 e. The van der Waals surface area contributed by atoms with Crippen molar-refractivity contribution in [1.82, 2.24) is 15.0 Å². The Kier molecular flexibility index (Phi) is 3.43. The van der Waals surface area contributed by atoms with Crippen molar-refractivity contribution in [1.29, 1.82) is 0 Å². The molecule has 0 fully saturated rings. The van der Waals surface area contributed by atoms with E-state index in [1.807, 2.05) is 54.6 Å². The molecule has 0 aliphatic heterocycles. The van der Waals surface area contributed by atoms with Crippen LogP contribution < -0.4 is 0 Å². The monoisotopic (exact) mass is 557 g/mol. The minimum atomic E-state index is -0.604. The Hall–Kier alpha value is -5.67. The molecule has 1 heterocycles. The van der Waals surface area contributed by atoms with Crippen LogP contribution >= 0.6 is 0 Å². The van der Waals surface area contributed by atoms with Crippen molar-refractivity contribution in [2.45, 2.75) is 5.41 Å². The number of hydrogen-bond acceptors (Lipinski definition) is 3. The molecule has 0 amide bonds. The Morgan fingerprint density at radius 2 is 0.791 bits per heavy atom. The summed E-state index contributed by atoms with van der Waals surface area (Å²) in [6, 6.07) is 25.1. The summed E-state index contributed by atoms with van der Waals surface area (Å²) >= 11 is 0. The Morgan fingerprint density at radius 1 is 0.395 bits per heavy atom. The van der Waals surface area contributed by atoms with Gasteiger partial charge in [-0.05, 0) is 50.6 Å². The SMILES string of the molecule is [2H]c1c([2H])c([2H])c(-c2nc(-c3ccc4c(c3)-c3ccccc3C43c4ccccc4-c4ccccc43)nc(-c3c([2H])c([2H])c([2H])c([2H])c3[2H])n2)c([2H])c1[2H]. The van der Waals surface area contributed by atoms with E-state index in [0.29, 0.717) is 5.56 Å². The zero-order chi connectivity index (χ0) is 37.1. The van der Waals surface area contributed by atoms with Crippen molar-refractivity contribution in [2.75, 3.05) is 0 Å². The maximum absolute atomic E-state index is 8.66. The third-order valence-electron chi connectivity index (χ3n) is 8.34. The van der Waals surface area contributed by atoms with E-state index in [0.717, 1.165) is 44.5 Å². The molecule has 200 valence electrons. The molecular formula is C40H25N3. The summed E-state index contributed by atoms with van der Waals surface area (Å²) < 4.78 is 84.1. The van der Waals surface area contributed by atoms with E-state index in [2.05, 4.69) is 51.4 Å². The quantitative estimate of drug-likeness (QED) is 0.217. The molecule has 9 rings (SSSR count). The summed E-state index contributed by atoms with van der Waals surface area (Å²) in [6.07, 6.45) is 0. The predicted molar refractivity (Wildman–Crippen MR) is 172 cm³/mol. The summed E-state index contributed by atoms with van der Waals surface area (Å²) in [5.41, 5.74) is 7.96. The fraction of sp³-hybridized carbons (Fsp3) is 0.0250. The van der Waals surface area contributed by atoms with Gasteiger partial charge in [0.05, 0.1) is 19.1 Å². The summed E-state index contributed by atoms with van der Waals surface area (Å²) in [4.78, 5) is 13.7. The van der Waals surface area contributed by atoms with Crippen LogP contribution in [0.4, 0.5) is 0 Å². The molecule has 2 aliphatic rings. The Bertz CT molecular complexity index is 2570. The number of rotatable bonds is 3. The highest BCUT2D eigenvalue weighted by molar-refractivity contribution is 5.95. The lowest BCUT2D eigenvalue weighted by Crippen LogP contribution is -2.25. The van der Waals surface area contributed by atoms with Crippen molar-refractivity contribution in [3.8, 4) is 56.4 Å². The van der Waals surface area contributed by atoms with Gasteiger partial charge < -0.3 is 0 Å². The van der Waals surface area contributed by atoms with Crippen LogP contribution in [0.5, 0.6) is 0 Å². The highest BCUT2D eigenvalue weighted by Crippen LogP contribution is 2.62. The van der Waals surface area contributed by atoms with Gasteiger partial charge in [0.25, 0.3) is 0 Å². The topological polar surface area (TPSA) is 38.7 Å². The summed E-state index contributed by atoms with van der Waals surface area (Å²) in [7, 11) is 0. The van der Waals surface area contributed by atoms with Crippen molar-refractivity contribution < 1.29 is 13.7 Å². The van der Waals surface area contributed by atoms with Crippen molar-refractivity contribution >= 4 is 0 Å². The summed E-state index contributed by atoms with van der Waals surface area (Å²) in [5.74, 6) is -0.577. The van der Waals surface area contributed by atoms with Crippen LogP contribution in [-0.2, 0) is 5.41 Å². The Morgan fingerprint density at radius 3 is 1.28 bits per heavy atom. The van der Waals surface area contributed by atoms with Crippen LogP contribution in [0.25, 0.3) is 56.4 Å². The first kappa shape index (κ1) is 16.1. The lowest BCUT2D eigenvalue weighted by atomic mass is 9.70. The third kappa shape index (κ3) is 3.39. The van der Waals surface area contributed by atoms with Crippen LogP contribution in [0.15, 0.2) is 151 Å². The molecule has 0 atom stereocenters. The second-order valence-electron chi connectivity index (χ2n) is 10.5. The number of benzene rings is 6. The first-order valence-electron chi connectivity index (χ1n) is 18.8. The molecule has 0 saturated carbocycles. The fourth-order valence-corrected chi connectivity index (χ4v) is 6.69. The van der Waals surface area contributed by atoms with Gasteiger partial charge in [-0.25, -0.2) is 15.0 Å². The first-order valence-corrected chi connectivity index (χ1v) is 13.8. The minimum absolute atomic E-state index is 0.0251. The highest BCUT2D eigenvalue weighted by atomic mass is 15.0. The lowest BCUT2D eigenvalue weighted by molar-refractivity contribution is 0.794. The molecule has 0 N–H and O–H groups in total. The predicted octanol–water partition coefficient (Wildman–Crippen LogP) is 9.22. The maximum atomic E-state index is 8.66. The van der Waals surface area contributed by atoms with Gasteiger partial charge in [-0.1, -0.05) is 145 Å². The Labute approximate surface area is 264 Å². The van der Waals surface area contributed by atoms with Crippen LogP contribution in [0, 0.1) is 0 Å². The second-order valence-corrected chi connectivity index (χ2v) is 10.5. The van der Waals surface area contributed by atoms with Crippen LogP contribution in [0.1, 0.15) is 36.0 Å². The van der Waals surface area contributed by atoms with Crippen LogP contribution in [0.3, 0.4) is 0 Å². The number of aromatic nitrogens is 3. The molecule has 2 aliphatic carbocycles. The normalized spacial score (nSPS) is 16.6. The molecule has 0 bridgehead atoms. The van der Waals surface area contributed by atoms with E-state index in [-0.39, 0.29) is 28.6 Å². The largest absolute Gasteiger partial charge is 0.208 e. The van der Waals surface area contributed by atoms with E-state index < -0.39 is 65.8 Å². The van der Waals surface area contributed by atoms with Crippen molar-refractivity contribution in [3.63, 3.8) is 0 Å². The zero-order valence-corrected chi connectivity index (χ0v) is 22.5. The molecule has 1 spiro atoms. The molecule has 43 heavy (non-hydrogen) atoms. The number of fused-ring (bicyclic) bond motifs is 10. The lowest BCUT2D eigenvalue weighted by Gasteiger charge is -2.30. The van der Waals surface area contributed by atoms with Gasteiger partial charge >= 0.3 is 0 Å². The molecule has 0 saturated heterocycles. The van der Waals surface area contributed by atoms with Crippen molar-refractivity contribution in [2.24, 2.45) is 0 Å². The molecule has 7 aromatic rings. The van der Waals surface area contributed by atoms with Gasteiger partial charge in [-0.2, -0.15) is 0 Å². The highest BCUT2D eigenvalue weighted by Gasteiger charge is 2.51. The average Bonchev–Trinajstić information content (AvgIpc) is 3.65. The van der Waals surface area contributed by atoms with E-state index in [1.54, 1.807) is 0 Å². The molecule has 3 heteroatoms. The van der Waals surface area contributed by atoms with Gasteiger partial charge in [0.15, 0.2) is 17.5 Å². The molecular weight excluding hydrogens is 522 g/mol. The van der Waals surface area contributed by atoms with Gasteiger partial charge in [0.1, 0.15) is 0 Å². The van der Waals surface area contributed by atoms with Crippen LogP contribution in [-0.4, -0.2) is 15.0 Å². The van der Waals surface area contributed by atoms with E-state index in [1.165, 1.54) is 0 Å². The van der Waals surface area contributed by atoms with E-state index in [4.69, 9.17) is 13.7 Å². The Balaban J connectivity index is 1.34. The molecule has 1 aromatic heterocycles. The fourth-order valence-electron chi connectivity index (χ4n) is 6.69. The molecule has 0 radical (unpaired) electrons. The third-order valence-corrected chi connectivity index (χ3v) is 8.34. The molecule has 6 aromatic carbocycles. The number of hydrogen-bond donors (Lipinski definition) is 0. The zero-order valence-electron chi connectivity index (χ0n) is 32.5.